The number of hydrogen-bond donors (Lipinski definition) is 1. The fraction of sp³-hybridized carbons (Fsp3) is 0.222. The molecule has 0 saturated heterocycles. The predicted molar refractivity (Wildman–Crippen MR) is 93.9 cm³/mol. The third-order valence-electron chi connectivity index (χ3n) is 3.72. The second-order valence-electron chi connectivity index (χ2n) is 5.59. The van der Waals surface area contributed by atoms with Gasteiger partial charge in [-0.15, -0.1) is 0 Å². The molecule has 25 heavy (non-hydrogen) atoms. The monoisotopic (exact) mass is 356 g/mol. The molecule has 0 aliphatic carbocycles. The number of aromatic nitrogens is 3. The molecule has 0 fully saturated rings. The first-order valence-electron chi connectivity index (χ1n) is 7.89. The van der Waals surface area contributed by atoms with Crippen LogP contribution in [0.5, 0.6) is 0 Å². The molecule has 2 heterocycles. The Morgan fingerprint density at radius 2 is 1.92 bits per heavy atom. The molecule has 3 aromatic rings. The van der Waals surface area contributed by atoms with Crippen LogP contribution in [0, 0.1) is 0 Å². The first kappa shape index (κ1) is 17.1. The largest absolute Gasteiger partial charge is 0.350 e. The van der Waals surface area contributed by atoms with Gasteiger partial charge in [0.25, 0.3) is 0 Å². The van der Waals surface area contributed by atoms with Gasteiger partial charge in [0.15, 0.2) is 0 Å². The van der Waals surface area contributed by atoms with Crippen LogP contribution >= 0.6 is 11.6 Å². The number of hydrogen-bond acceptors (Lipinski definition) is 5. The average molecular weight is 357 g/mol. The van der Waals surface area contributed by atoms with Crippen molar-refractivity contribution >= 4 is 17.5 Å². The van der Waals surface area contributed by atoms with Crippen LogP contribution in [0.1, 0.15) is 30.8 Å². The topological polar surface area (TPSA) is 80.9 Å². The van der Waals surface area contributed by atoms with Crippen LogP contribution < -0.4 is 5.32 Å². The summed E-state index contributed by atoms with van der Waals surface area (Å²) in [6.45, 7) is 1.93. The quantitative estimate of drug-likeness (QED) is 0.729. The second-order valence-corrected chi connectivity index (χ2v) is 6.02. The molecule has 1 atom stereocenters. The lowest BCUT2D eigenvalue weighted by molar-refractivity contribution is -0.121. The van der Waals surface area contributed by atoms with Crippen molar-refractivity contribution < 1.29 is 9.32 Å². The van der Waals surface area contributed by atoms with E-state index in [0.717, 1.165) is 11.1 Å². The Balaban J connectivity index is 1.53. The summed E-state index contributed by atoms with van der Waals surface area (Å²) in [5, 5.41) is 7.52. The average Bonchev–Trinajstić information content (AvgIpc) is 3.10. The van der Waals surface area contributed by atoms with E-state index in [1.807, 2.05) is 31.2 Å². The zero-order valence-electron chi connectivity index (χ0n) is 13.6. The molecule has 7 heteroatoms. The number of nitrogens with zero attached hydrogens (tertiary/aromatic N) is 3. The first-order chi connectivity index (χ1) is 12.1. The van der Waals surface area contributed by atoms with Crippen LogP contribution in [-0.4, -0.2) is 21.0 Å². The predicted octanol–water partition coefficient (Wildman–Crippen LogP) is 3.60. The minimum absolute atomic E-state index is 0.0736. The summed E-state index contributed by atoms with van der Waals surface area (Å²) in [5.41, 5.74) is 1.82. The van der Waals surface area contributed by atoms with E-state index in [1.54, 1.807) is 24.5 Å². The number of nitrogens with one attached hydrogen (secondary N) is 1. The van der Waals surface area contributed by atoms with Crippen LogP contribution in [0.15, 0.2) is 53.3 Å². The molecule has 3 rings (SSSR count). The summed E-state index contributed by atoms with van der Waals surface area (Å²) in [7, 11) is 0. The molecule has 0 aliphatic rings. The van der Waals surface area contributed by atoms with Crippen LogP contribution in [0.3, 0.4) is 0 Å². The zero-order valence-corrected chi connectivity index (χ0v) is 14.4. The molecule has 2 aromatic heterocycles. The molecular weight excluding hydrogens is 340 g/mol. The maximum atomic E-state index is 12.1. The molecule has 0 radical (unpaired) electrons. The minimum atomic E-state index is -0.0807. The van der Waals surface area contributed by atoms with Gasteiger partial charge in [-0.1, -0.05) is 16.8 Å². The fourth-order valence-corrected chi connectivity index (χ4v) is 2.47. The van der Waals surface area contributed by atoms with Crippen LogP contribution in [-0.2, 0) is 11.2 Å². The maximum Gasteiger partial charge on any atom is 0.227 e. The highest BCUT2D eigenvalue weighted by Gasteiger charge is 2.13. The number of rotatable bonds is 6. The lowest BCUT2D eigenvalue weighted by Gasteiger charge is -2.13. The Morgan fingerprint density at radius 1 is 1.20 bits per heavy atom. The van der Waals surface area contributed by atoms with Crippen molar-refractivity contribution in [3.63, 3.8) is 0 Å². The fourth-order valence-electron chi connectivity index (χ4n) is 2.34. The third kappa shape index (κ3) is 4.64. The third-order valence-corrected chi connectivity index (χ3v) is 3.97. The second kappa shape index (κ2) is 7.90. The SMILES string of the molecule is CC(NC(=O)CCc1nc(-c2ccc(Cl)cc2)no1)c1ccncc1. The summed E-state index contributed by atoms with van der Waals surface area (Å²) in [6.07, 6.45) is 4.07. The lowest BCUT2D eigenvalue weighted by Crippen LogP contribution is -2.26. The summed E-state index contributed by atoms with van der Waals surface area (Å²) < 4.78 is 5.21. The van der Waals surface area contributed by atoms with E-state index in [4.69, 9.17) is 16.1 Å². The van der Waals surface area contributed by atoms with Gasteiger partial charge in [0.2, 0.25) is 17.6 Å². The van der Waals surface area contributed by atoms with E-state index in [-0.39, 0.29) is 18.4 Å². The number of benzene rings is 1. The summed E-state index contributed by atoms with van der Waals surface area (Å²) in [4.78, 5) is 20.4. The Hall–Kier alpha value is -2.73. The van der Waals surface area contributed by atoms with Crippen molar-refractivity contribution in [2.75, 3.05) is 0 Å². The van der Waals surface area contributed by atoms with Gasteiger partial charge < -0.3 is 9.84 Å². The highest BCUT2D eigenvalue weighted by molar-refractivity contribution is 6.30. The van der Waals surface area contributed by atoms with Crippen molar-refractivity contribution in [2.45, 2.75) is 25.8 Å². The van der Waals surface area contributed by atoms with Crippen molar-refractivity contribution in [2.24, 2.45) is 0 Å². The summed E-state index contributed by atoms with van der Waals surface area (Å²) in [6, 6.07) is 10.8. The highest BCUT2D eigenvalue weighted by atomic mass is 35.5. The van der Waals surface area contributed by atoms with Gasteiger partial charge >= 0.3 is 0 Å². The number of amides is 1. The smallest absolute Gasteiger partial charge is 0.227 e. The van der Waals surface area contributed by atoms with E-state index in [0.29, 0.717) is 23.2 Å². The molecule has 0 spiro atoms. The van der Waals surface area contributed by atoms with E-state index in [2.05, 4.69) is 20.4 Å². The number of pyridine rings is 1. The van der Waals surface area contributed by atoms with E-state index in [9.17, 15) is 4.79 Å². The van der Waals surface area contributed by atoms with Crippen molar-refractivity contribution in [3.05, 3.63) is 65.3 Å². The zero-order chi connectivity index (χ0) is 17.6. The first-order valence-corrected chi connectivity index (χ1v) is 8.27. The van der Waals surface area contributed by atoms with E-state index in [1.165, 1.54) is 0 Å². The summed E-state index contributed by atoms with van der Waals surface area (Å²) in [5.74, 6) is 0.837. The molecule has 1 aromatic carbocycles. The minimum Gasteiger partial charge on any atom is -0.350 e. The Labute approximate surface area is 150 Å². The van der Waals surface area contributed by atoms with Gasteiger partial charge in [-0.3, -0.25) is 9.78 Å². The lowest BCUT2D eigenvalue weighted by atomic mass is 10.1. The normalized spacial score (nSPS) is 11.9. The summed E-state index contributed by atoms with van der Waals surface area (Å²) >= 11 is 5.86. The van der Waals surface area contributed by atoms with Crippen LogP contribution in [0.25, 0.3) is 11.4 Å². The molecule has 128 valence electrons. The molecule has 0 saturated carbocycles. The Kier molecular flexibility index (Phi) is 5.40. The molecule has 1 N–H and O–H groups in total. The number of aryl methyl sites for hydroxylation is 1. The van der Waals surface area contributed by atoms with E-state index >= 15 is 0 Å². The molecule has 6 nitrogen and oxygen atoms in total. The van der Waals surface area contributed by atoms with Gasteiger partial charge in [0.1, 0.15) is 0 Å². The van der Waals surface area contributed by atoms with Crippen LogP contribution in [0.4, 0.5) is 0 Å². The van der Waals surface area contributed by atoms with Gasteiger partial charge in [-0.05, 0) is 48.9 Å². The molecule has 1 unspecified atom stereocenters. The van der Waals surface area contributed by atoms with Gasteiger partial charge in [0.05, 0.1) is 6.04 Å². The number of halogens is 1. The van der Waals surface area contributed by atoms with Gasteiger partial charge in [-0.25, -0.2) is 0 Å². The highest BCUT2D eigenvalue weighted by Crippen LogP contribution is 2.19. The molecule has 0 bridgehead atoms. The van der Waals surface area contributed by atoms with Crippen LogP contribution in [0.2, 0.25) is 5.02 Å². The Bertz CT molecular complexity index is 834. The molecular formula is C18H17ClN4O2. The number of carbonyl (C=O) groups is 1. The van der Waals surface area contributed by atoms with Crippen molar-refractivity contribution in [1.82, 2.24) is 20.4 Å². The van der Waals surface area contributed by atoms with Crippen molar-refractivity contribution in [3.8, 4) is 11.4 Å². The van der Waals surface area contributed by atoms with E-state index < -0.39 is 0 Å². The van der Waals surface area contributed by atoms with Gasteiger partial charge in [-0.2, -0.15) is 4.98 Å². The standard InChI is InChI=1S/C18H17ClN4O2/c1-12(13-8-10-20-11-9-13)21-16(24)6-7-17-22-18(23-25-17)14-2-4-15(19)5-3-14/h2-5,8-12H,6-7H2,1H3,(H,21,24). The van der Waals surface area contributed by atoms with Crippen molar-refractivity contribution in [1.29, 1.82) is 0 Å². The number of carbonyl (C=O) groups excluding carboxylic acids is 1. The molecule has 1 amide bonds. The maximum absolute atomic E-state index is 12.1. The van der Waals surface area contributed by atoms with Gasteiger partial charge in [0, 0.05) is 35.8 Å². The molecule has 0 aliphatic heterocycles. The Morgan fingerprint density at radius 3 is 2.64 bits per heavy atom.